The van der Waals surface area contributed by atoms with Crippen LogP contribution in [0.2, 0.25) is 0 Å². The van der Waals surface area contributed by atoms with E-state index in [-0.39, 0.29) is 5.76 Å². The molecule has 1 aromatic rings. The fourth-order valence-electron chi connectivity index (χ4n) is 2.14. The molecule has 2 rings (SSSR count). The summed E-state index contributed by atoms with van der Waals surface area (Å²) in [5, 5.41) is 3.93. The number of hydrogen-bond acceptors (Lipinski definition) is 6. The maximum Gasteiger partial charge on any atom is 0.376 e. The fraction of sp³-hybridized carbons (Fsp3) is 0.636. The van der Waals surface area contributed by atoms with Crippen LogP contribution in [0.4, 0.5) is 0 Å². The molecule has 0 aliphatic carbocycles. The Balaban J connectivity index is 1.99. The van der Waals surface area contributed by atoms with Gasteiger partial charge < -0.3 is 19.9 Å². The van der Waals surface area contributed by atoms with Crippen LogP contribution in [0.5, 0.6) is 0 Å². The van der Waals surface area contributed by atoms with Crippen molar-refractivity contribution in [2.45, 2.75) is 12.3 Å². The predicted octanol–water partition coefficient (Wildman–Crippen LogP) is 0.209. The van der Waals surface area contributed by atoms with E-state index < -0.39 is 5.97 Å². The second-order valence-electron chi connectivity index (χ2n) is 4.18. The summed E-state index contributed by atoms with van der Waals surface area (Å²) in [6, 6.07) is 1.67. The highest BCUT2D eigenvalue weighted by molar-refractivity contribution is 5.86. The van der Waals surface area contributed by atoms with Gasteiger partial charge in [-0.1, -0.05) is 5.16 Å². The van der Waals surface area contributed by atoms with E-state index in [2.05, 4.69) is 14.8 Å². The van der Waals surface area contributed by atoms with E-state index in [0.717, 1.165) is 31.7 Å². The smallest absolute Gasteiger partial charge is 0.376 e. The quantitative estimate of drug-likeness (QED) is 0.756. The van der Waals surface area contributed by atoms with E-state index >= 15 is 0 Å². The largest absolute Gasteiger partial charge is 0.463 e. The summed E-state index contributed by atoms with van der Waals surface area (Å²) in [5.74, 6) is 0.00374. The van der Waals surface area contributed by atoms with Gasteiger partial charge in [-0.05, 0) is 13.0 Å². The van der Waals surface area contributed by atoms with E-state index in [0.29, 0.717) is 12.5 Å². The lowest BCUT2D eigenvalue weighted by atomic mass is 10.1. The monoisotopic (exact) mass is 239 g/mol. The van der Waals surface area contributed by atoms with E-state index in [4.69, 9.17) is 10.3 Å². The van der Waals surface area contributed by atoms with Crippen molar-refractivity contribution in [1.82, 2.24) is 10.1 Å². The Bertz CT molecular complexity index is 391. The van der Waals surface area contributed by atoms with Gasteiger partial charge in [-0.25, -0.2) is 4.79 Å². The first kappa shape index (κ1) is 12.1. The second-order valence-corrected chi connectivity index (χ2v) is 4.18. The van der Waals surface area contributed by atoms with Gasteiger partial charge in [-0.15, -0.1) is 0 Å². The molecule has 6 nitrogen and oxygen atoms in total. The fourth-order valence-corrected chi connectivity index (χ4v) is 2.14. The zero-order valence-corrected chi connectivity index (χ0v) is 9.89. The zero-order valence-electron chi connectivity index (χ0n) is 9.89. The Hall–Kier alpha value is -1.40. The molecule has 2 N–H and O–H groups in total. The van der Waals surface area contributed by atoms with Gasteiger partial charge >= 0.3 is 5.97 Å². The number of ether oxygens (including phenoxy) is 1. The topological polar surface area (TPSA) is 81.6 Å². The maximum absolute atomic E-state index is 11.2. The van der Waals surface area contributed by atoms with Crippen LogP contribution < -0.4 is 5.73 Å². The van der Waals surface area contributed by atoms with Crippen LogP contribution in [0.15, 0.2) is 10.6 Å². The van der Waals surface area contributed by atoms with Crippen LogP contribution >= 0.6 is 0 Å². The van der Waals surface area contributed by atoms with Crippen LogP contribution in [0.25, 0.3) is 0 Å². The van der Waals surface area contributed by atoms with E-state index in [1.807, 2.05) is 0 Å². The van der Waals surface area contributed by atoms with Crippen molar-refractivity contribution in [2.24, 2.45) is 5.73 Å². The number of esters is 1. The summed E-state index contributed by atoms with van der Waals surface area (Å²) >= 11 is 0. The van der Waals surface area contributed by atoms with Crippen molar-refractivity contribution in [3.8, 4) is 0 Å². The first-order chi connectivity index (χ1) is 8.24. The Kier molecular flexibility index (Phi) is 3.75. The van der Waals surface area contributed by atoms with Crippen LogP contribution in [0.3, 0.4) is 0 Å². The number of carbonyl (C=O) groups excluding carboxylic acids is 1. The molecule has 0 bridgehead atoms. The van der Waals surface area contributed by atoms with Crippen LogP contribution in [0.1, 0.15) is 28.6 Å². The van der Waals surface area contributed by atoms with Gasteiger partial charge in [0.1, 0.15) is 0 Å². The minimum absolute atomic E-state index is 0.166. The molecule has 1 atom stereocenters. The van der Waals surface area contributed by atoms with E-state index in [1.54, 1.807) is 6.07 Å². The Morgan fingerprint density at radius 1 is 1.76 bits per heavy atom. The first-order valence-electron chi connectivity index (χ1n) is 5.72. The van der Waals surface area contributed by atoms with E-state index in [9.17, 15) is 4.79 Å². The van der Waals surface area contributed by atoms with E-state index in [1.165, 1.54) is 7.11 Å². The third kappa shape index (κ3) is 2.65. The molecule has 1 aromatic heterocycles. The van der Waals surface area contributed by atoms with Crippen LogP contribution in [-0.4, -0.2) is 49.3 Å². The highest BCUT2D eigenvalue weighted by Gasteiger charge is 2.27. The number of carbonyl (C=O) groups is 1. The molecule has 2 heterocycles. The normalized spacial score (nSPS) is 20.7. The van der Waals surface area contributed by atoms with Gasteiger partial charge in [0.05, 0.1) is 12.8 Å². The molecule has 17 heavy (non-hydrogen) atoms. The average Bonchev–Trinajstić information content (AvgIpc) is 2.96. The number of rotatable bonds is 4. The molecule has 0 aromatic carbocycles. The van der Waals surface area contributed by atoms with Crippen molar-refractivity contribution in [1.29, 1.82) is 0 Å². The van der Waals surface area contributed by atoms with Gasteiger partial charge in [0.25, 0.3) is 0 Å². The number of nitrogens with two attached hydrogens (primary N) is 1. The molecule has 6 heteroatoms. The summed E-state index contributed by atoms with van der Waals surface area (Å²) in [7, 11) is 1.32. The zero-order chi connectivity index (χ0) is 12.3. The van der Waals surface area contributed by atoms with Crippen molar-refractivity contribution < 1.29 is 14.1 Å². The van der Waals surface area contributed by atoms with Gasteiger partial charge in [-0.2, -0.15) is 0 Å². The Labute approximate surface area is 99.7 Å². The summed E-state index contributed by atoms with van der Waals surface area (Å²) < 4.78 is 9.53. The number of methoxy groups -OCH3 is 1. The molecule has 94 valence electrons. The minimum atomic E-state index is -0.486. The molecule has 1 aliphatic rings. The molecule has 1 unspecified atom stereocenters. The third-order valence-corrected chi connectivity index (χ3v) is 3.05. The standard InChI is InChI=1S/C11H17N3O3/c1-16-11(15)10-6-9(13-17-10)8-2-4-14(7-8)5-3-12/h6,8H,2-5,7,12H2,1H3. The third-order valence-electron chi connectivity index (χ3n) is 3.05. The van der Waals surface area contributed by atoms with Gasteiger partial charge in [0, 0.05) is 31.6 Å². The summed E-state index contributed by atoms with van der Waals surface area (Å²) in [6.07, 6.45) is 1.02. The highest BCUT2D eigenvalue weighted by atomic mass is 16.5. The van der Waals surface area contributed by atoms with Crippen molar-refractivity contribution in [3.05, 3.63) is 17.5 Å². The maximum atomic E-state index is 11.2. The molecular weight excluding hydrogens is 222 g/mol. The lowest BCUT2D eigenvalue weighted by Gasteiger charge is -2.13. The lowest BCUT2D eigenvalue weighted by Crippen LogP contribution is -2.27. The number of nitrogens with zero attached hydrogens (tertiary/aromatic N) is 2. The molecule has 1 saturated heterocycles. The van der Waals surface area contributed by atoms with Crippen molar-refractivity contribution in [3.63, 3.8) is 0 Å². The van der Waals surface area contributed by atoms with Gasteiger partial charge in [0.15, 0.2) is 0 Å². The second kappa shape index (κ2) is 5.29. The van der Waals surface area contributed by atoms with Crippen molar-refractivity contribution in [2.75, 3.05) is 33.3 Å². The molecule has 0 radical (unpaired) electrons. The van der Waals surface area contributed by atoms with Gasteiger partial charge in [-0.3, -0.25) is 0 Å². The SMILES string of the molecule is COC(=O)c1cc(C2CCN(CCN)C2)no1. The van der Waals surface area contributed by atoms with Gasteiger partial charge in [0.2, 0.25) is 5.76 Å². The summed E-state index contributed by atoms with van der Waals surface area (Å²) in [6.45, 7) is 3.50. The average molecular weight is 239 g/mol. The molecule has 0 amide bonds. The molecule has 0 spiro atoms. The Morgan fingerprint density at radius 3 is 3.29 bits per heavy atom. The Morgan fingerprint density at radius 2 is 2.59 bits per heavy atom. The number of aromatic nitrogens is 1. The van der Waals surface area contributed by atoms with Crippen LogP contribution in [-0.2, 0) is 4.74 Å². The molecule has 1 aliphatic heterocycles. The summed E-state index contributed by atoms with van der Waals surface area (Å²) in [5.41, 5.74) is 6.34. The first-order valence-corrected chi connectivity index (χ1v) is 5.72. The number of hydrogen-bond donors (Lipinski definition) is 1. The molecular formula is C11H17N3O3. The highest BCUT2D eigenvalue weighted by Crippen LogP contribution is 2.26. The minimum Gasteiger partial charge on any atom is -0.463 e. The van der Waals surface area contributed by atoms with Crippen molar-refractivity contribution >= 4 is 5.97 Å². The lowest BCUT2D eigenvalue weighted by molar-refractivity contribution is 0.0554. The summed E-state index contributed by atoms with van der Waals surface area (Å²) in [4.78, 5) is 13.5. The molecule has 1 fully saturated rings. The predicted molar refractivity (Wildman–Crippen MR) is 60.7 cm³/mol. The van der Waals surface area contributed by atoms with Crippen LogP contribution in [0, 0.1) is 0 Å². The number of likely N-dealkylation sites (tertiary alicyclic amines) is 1. The molecule has 0 saturated carbocycles.